The molecular weight excluding hydrogens is 827 g/mol. The molecule has 0 aromatic heterocycles. The quantitative estimate of drug-likeness (QED) is 0.110. The van der Waals surface area contributed by atoms with Crippen molar-refractivity contribution >= 4 is 36.7 Å². The second-order valence-electron chi connectivity index (χ2n) is 19.4. The van der Waals surface area contributed by atoms with E-state index in [4.69, 9.17) is 24.5 Å². The molecule has 65 heavy (non-hydrogen) atoms. The number of nitrogens with two attached hydrogens (primary N) is 1. The maximum absolute atomic E-state index is 13.9. The van der Waals surface area contributed by atoms with Crippen LogP contribution in [0.2, 0.25) is 0 Å². The summed E-state index contributed by atoms with van der Waals surface area (Å²) in [5.74, 6) is -2.23. The molecule has 2 bridgehead atoms. The lowest BCUT2D eigenvalue weighted by Gasteiger charge is -2.64. The second-order valence-corrected chi connectivity index (χ2v) is 19.4. The number of hydrogen-bond acceptors (Lipinski definition) is 10. The van der Waals surface area contributed by atoms with E-state index >= 15 is 0 Å². The fraction of sp³-hybridized carbons (Fsp3) is 0.653. The number of aryl methyl sites for hydroxylation is 1. The summed E-state index contributed by atoms with van der Waals surface area (Å²) in [4.78, 5) is 68.8. The van der Waals surface area contributed by atoms with Gasteiger partial charge in [-0.1, -0.05) is 63.6 Å². The Labute approximate surface area is 385 Å². The van der Waals surface area contributed by atoms with Gasteiger partial charge in [0.15, 0.2) is 0 Å². The number of unbranched alkanes of at least 4 members (excludes halogenated alkanes) is 2. The second kappa shape index (κ2) is 22.9. The van der Waals surface area contributed by atoms with Crippen molar-refractivity contribution in [2.24, 2.45) is 23.0 Å². The van der Waals surface area contributed by atoms with E-state index in [0.717, 1.165) is 43.2 Å². The molecule has 5 amide bonds. The smallest absolute Gasteiger partial charge is 0.404 e. The van der Waals surface area contributed by atoms with Gasteiger partial charge in [-0.2, -0.15) is 0 Å². The molecule has 2 saturated heterocycles. The third kappa shape index (κ3) is 12.6. The van der Waals surface area contributed by atoms with Gasteiger partial charge in [0.05, 0.1) is 24.3 Å². The molecule has 9 atom stereocenters. The van der Waals surface area contributed by atoms with Crippen LogP contribution in [0.15, 0.2) is 48.5 Å². The molecule has 7 rings (SSSR count). The number of carbonyl (C=O) groups is 5. The summed E-state index contributed by atoms with van der Waals surface area (Å²) in [5, 5.41) is 14.2. The van der Waals surface area contributed by atoms with Crippen LogP contribution in [-0.4, -0.2) is 111 Å². The van der Waals surface area contributed by atoms with Gasteiger partial charge >= 0.3 is 7.12 Å². The maximum Gasteiger partial charge on any atom is 0.481 e. The Kier molecular flexibility index (Phi) is 17.6. The number of carbonyl (C=O) groups excluding carboxylic acids is 5. The Morgan fingerprint density at radius 1 is 0.877 bits per heavy atom. The van der Waals surface area contributed by atoms with Gasteiger partial charge in [-0.15, -0.1) is 0 Å². The molecule has 0 radical (unpaired) electrons. The molecule has 356 valence electrons. The first kappa shape index (κ1) is 50.1. The highest BCUT2D eigenvalue weighted by molar-refractivity contribution is 6.47. The molecule has 3 saturated carbocycles. The normalized spacial score (nSPS) is 28.1. The zero-order valence-electron chi connectivity index (χ0n) is 39.4. The molecule has 2 aromatic carbocycles. The topological polar surface area (TPSA) is 208 Å². The van der Waals surface area contributed by atoms with Crippen LogP contribution in [0, 0.1) is 17.3 Å². The summed E-state index contributed by atoms with van der Waals surface area (Å²) >= 11 is 0. The third-order valence-corrected chi connectivity index (χ3v) is 14.2. The molecule has 2 aromatic rings. The first-order valence-corrected chi connectivity index (χ1v) is 24.0. The van der Waals surface area contributed by atoms with Crippen molar-refractivity contribution < 1.29 is 42.8 Å². The lowest BCUT2D eigenvalue weighted by Crippen LogP contribution is -2.65. The molecule has 5 aliphatic rings. The Bertz CT molecular complexity index is 1930. The molecule has 3 aliphatic carbocycles. The van der Waals surface area contributed by atoms with Crippen molar-refractivity contribution in [2.75, 3.05) is 33.0 Å². The minimum atomic E-state index is -1.20. The Hall–Kier alpha value is -4.35. The Morgan fingerprint density at radius 3 is 2.25 bits per heavy atom. The van der Waals surface area contributed by atoms with Gasteiger partial charge in [0, 0.05) is 25.4 Å². The Balaban J connectivity index is 1.07. The lowest BCUT2D eigenvalue weighted by atomic mass is 9.43. The van der Waals surface area contributed by atoms with Crippen molar-refractivity contribution in [3.63, 3.8) is 0 Å². The van der Waals surface area contributed by atoms with Crippen LogP contribution in [0.4, 0.5) is 0 Å². The van der Waals surface area contributed by atoms with Crippen molar-refractivity contribution in [2.45, 2.75) is 154 Å². The van der Waals surface area contributed by atoms with Gasteiger partial charge in [-0.05, 0) is 138 Å². The number of amides is 5. The molecular formula is C49H73BN6O9. The highest BCUT2D eigenvalue weighted by Crippen LogP contribution is 2.65. The predicted molar refractivity (Wildman–Crippen MR) is 249 cm³/mol. The van der Waals surface area contributed by atoms with E-state index in [-0.39, 0.29) is 37.6 Å². The fourth-order valence-electron chi connectivity index (χ4n) is 9.88. The first-order valence-electron chi connectivity index (χ1n) is 24.0. The van der Waals surface area contributed by atoms with Crippen molar-refractivity contribution in [1.82, 2.24) is 26.6 Å². The zero-order valence-corrected chi connectivity index (χ0v) is 39.4. The summed E-state index contributed by atoms with van der Waals surface area (Å²) in [6, 6.07) is 11.4. The summed E-state index contributed by atoms with van der Waals surface area (Å²) < 4.78 is 24.7. The zero-order chi connectivity index (χ0) is 46.7. The fourth-order valence-corrected chi connectivity index (χ4v) is 9.88. The first-order chi connectivity index (χ1) is 31.1. The van der Waals surface area contributed by atoms with E-state index in [1.165, 1.54) is 12.5 Å². The van der Waals surface area contributed by atoms with E-state index in [2.05, 4.69) is 78.5 Å². The monoisotopic (exact) mass is 901 g/mol. The van der Waals surface area contributed by atoms with Crippen molar-refractivity contribution in [1.29, 1.82) is 0 Å². The standard InChI is InChI=1S/C49H73BN6O9/c1-7-8-13-33-15-17-34(18-16-33)35-19-21-36(22-20-35)44(58)55-38(14-9-10-24-51)46(60)56-40-30-63-26-12-11-25-62-27-23-39(54-43(57)31(2)52-47(40)61)45(59)53-32(3)50-64-42-29-37-28-41(48(37,4)5)49(42,6)65-50/h15-22,31-32,37-42H,7-14,23-30,51H2,1-6H3,(H,52,61)(H,53,59)(H,54,57)(H,55,58)(H,56,60)/t31-,32-,37-,38-,39-,40-,41-,42+,49-/m0/s1. The number of ether oxygens (including phenoxy) is 2. The molecule has 2 aliphatic heterocycles. The molecule has 5 fully saturated rings. The van der Waals surface area contributed by atoms with Gasteiger partial charge in [0.1, 0.15) is 24.2 Å². The van der Waals surface area contributed by atoms with Crippen molar-refractivity contribution in [3.05, 3.63) is 59.7 Å². The number of nitrogens with one attached hydrogen (secondary N) is 5. The summed E-state index contributed by atoms with van der Waals surface area (Å²) in [6.07, 6.45) is 8.24. The van der Waals surface area contributed by atoms with Crippen molar-refractivity contribution in [3.8, 4) is 11.1 Å². The van der Waals surface area contributed by atoms with Gasteiger partial charge in [-0.25, -0.2) is 0 Å². The number of rotatable bonds is 15. The summed E-state index contributed by atoms with van der Waals surface area (Å²) in [6.45, 7) is 13.4. The predicted octanol–water partition coefficient (Wildman–Crippen LogP) is 4.39. The van der Waals surface area contributed by atoms with Gasteiger partial charge in [0.25, 0.3) is 5.91 Å². The highest BCUT2D eigenvalue weighted by atomic mass is 16.7. The molecule has 0 spiro atoms. The molecule has 15 nitrogen and oxygen atoms in total. The van der Waals surface area contributed by atoms with E-state index in [9.17, 15) is 24.0 Å². The van der Waals surface area contributed by atoms with E-state index in [1.807, 2.05) is 19.1 Å². The van der Waals surface area contributed by atoms with Crippen LogP contribution < -0.4 is 32.3 Å². The van der Waals surface area contributed by atoms with Crippen LogP contribution in [-0.2, 0) is 44.4 Å². The average molecular weight is 901 g/mol. The SMILES string of the molecule is CCCCc1ccc(-c2ccc(C(=O)N[C@@H](CCCCN)C(=O)N[C@H]3COCCCCOCC[C@@H](C(=O)N[C@@H](C)B4O[C@@H]5C[C@@H]6C[C@@H](C6(C)C)[C@]5(C)O4)NC(=O)[C@H](C)NC3=O)cc2)cc1. The number of hydrogen-bond donors (Lipinski definition) is 6. The molecule has 16 heteroatoms. The van der Waals surface area contributed by atoms with Crippen LogP contribution in [0.5, 0.6) is 0 Å². The summed E-state index contributed by atoms with van der Waals surface area (Å²) in [7, 11) is -0.640. The minimum Gasteiger partial charge on any atom is -0.404 e. The van der Waals surface area contributed by atoms with E-state index in [0.29, 0.717) is 62.8 Å². The van der Waals surface area contributed by atoms with E-state index < -0.39 is 72.4 Å². The highest BCUT2D eigenvalue weighted by Gasteiger charge is 2.68. The molecule has 7 N–H and O–H groups in total. The molecule has 2 heterocycles. The lowest BCUT2D eigenvalue weighted by molar-refractivity contribution is -0.199. The number of benzene rings is 2. The maximum atomic E-state index is 13.9. The largest absolute Gasteiger partial charge is 0.481 e. The van der Waals surface area contributed by atoms with Crippen LogP contribution in [0.25, 0.3) is 11.1 Å². The van der Waals surface area contributed by atoms with Crippen LogP contribution in [0.1, 0.15) is 122 Å². The van der Waals surface area contributed by atoms with Gasteiger partial charge in [0.2, 0.25) is 23.6 Å². The average Bonchev–Trinajstić information content (AvgIpc) is 3.66. The molecule has 0 unspecified atom stereocenters. The summed E-state index contributed by atoms with van der Waals surface area (Å²) in [5.41, 5.74) is 9.19. The van der Waals surface area contributed by atoms with Crippen LogP contribution >= 0.6 is 0 Å². The van der Waals surface area contributed by atoms with E-state index in [1.54, 1.807) is 12.1 Å². The minimum absolute atomic E-state index is 0.0452. The van der Waals surface area contributed by atoms with Gasteiger partial charge < -0.3 is 51.1 Å². The third-order valence-electron chi connectivity index (χ3n) is 14.2. The van der Waals surface area contributed by atoms with Gasteiger partial charge in [-0.3, -0.25) is 24.0 Å². The van der Waals surface area contributed by atoms with Crippen LogP contribution in [0.3, 0.4) is 0 Å². The Morgan fingerprint density at radius 2 is 1.57 bits per heavy atom.